The average Bonchev–Trinajstić information content (AvgIpc) is 2.84. The average molecular weight is 451 g/mol. The van der Waals surface area contributed by atoms with E-state index in [1.807, 2.05) is 36.1 Å². The molecule has 1 aliphatic rings. The minimum Gasteiger partial charge on any atom is -0.494 e. The lowest BCUT2D eigenvalue weighted by Crippen LogP contribution is -2.41. The van der Waals surface area contributed by atoms with Crippen molar-refractivity contribution in [1.82, 2.24) is 15.1 Å². The van der Waals surface area contributed by atoms with Crippen LogP contribution in [-0.2, 0) is 11.3 Å². The molecule has 0 radical (unpaired) electrons. The number of rotatable bonds is 7. The van der Waals surface area contributed by atoms with Crippen LogP contribution in [0.5, 0.6) is 5.75 Å². The van der Waals surface area contributed by atoms with E-state index in [0.29, 0.717) is 50.6 Å². The molecule has 2 heterocycles. The predicted octanol–water partition coefficient (Wildman–Crippen LogP) is 3.30. The molecule has 172 valence electrons. The number of hydrogen-bond donors (Lipinski definition) is 1. The van der Waals surface area contributed by atoms with Crippen molar-refractivity contribution in [3.8, 4) is 11.4 Å². The Labute approximate surface area is 191 Å². The molecule has 8 heteroatoms. The first-order chi connectivity index (χ1) is 16.0. The second-order valence-corrected chi connectivity index (χ2v) is 7.94. The maximum Gasteiger partial charge on any atom is 0.271 e. The minimum atomic E-state index is -0.428. The number of aromatic nitrogens is 2. The van der Waals surface area contributed by atoms with Gasteiger partial charge in [-0.15, -0.1) is 5.10 Å². The van der Waals surface area contributed by atoms with Crippen LogP contribution in [0.25, 0.3) is 5.69 Å². The van der Waals surface area contributed by atoms with Crippen LogP contribution in [0.4, 0.5) is 10.2 Å². The molecule has 4 rings (SSSR count). The Morgan fingerprint density at radius 3 is 2.67 bits per heavy atom. The van der Waals surface area contributed by atoms with E-state index >= 15 is 0 Å². The summed E-state index contributed by atoms with van der Waals surface area (Å²) in [5.41, 5.74) is 1.00. The highest BCUT2D eigenvalue weighted by Crippen LogP contribution is 2.23. The van der Waals surface area contributed by atoms with Gasteiger partial charge >= 0.3 is 0 Å². The topological polar surface area (TPSA) is 76.5 Å². The van der Waals surface area contributed by atoms with Crippen LogP contribution in [-0.4, -0.2) is 35.4 Å². The smallest absolute Gasteiger partial charge is 0.271 e. The molecule has 0 saturated carbocycles. The van der Waals surface area contributed by atoms with Crippen molar-refractivity contribution in [2.24, 2.45) is 5.92 Å². The second-order valence-electron chi connectivity index (χ2n) is 7.94. The summed E-state index contributed by atoms with van der Waals surface area (Å²) >= 11 is 0. The van der Waals surface area contributed by atoms with Gasteiger partial charge in [-0.25, -0.2) is 4.39 Å². The number of hydrogen-bond acceptors (Lipinski definition) is 5. The van der Waals surface area contributed by atoms with Crippen LogP contribution in [0.2, 0.25) is 0 Å². The largest absolute Gasteiger partial charge is 0.494 e. The molecule has 2 aromatic carbocycles. The van der Waals surface area contributed by atoms with E-state index in [9.17, 15) is 14.0 Å². The third-order valence-electron chi connectivity index (χ3n) is 5.75. The Kier molecular flexibility index (Phi) is 7.02. The van der Waals surface area contributed by atoms with Crippen LogP contribution >= 0.6 is 0 Å². The van der Waals surface area contributed by atoms with Gasteiger partial charge in [0.2, 0.25) is 5.91 Å². The fourth-order valence-corrected chi connectivity index (χ4v) is 4.01. The fourth-order valence-electron chi connectivity index (χ4n) is 4.01. The first-order valence-electron chi connectivity index (χ1n) is 11.1. The molecule has 0 bridgehead atoms. The third-order valence-corrected chi connectivity index (χ3v) is 5.75. The summed E-state index contributed by atoms with van der Waals surface area (Å²) in [6.07, 6.45) is 1.36. The number of carbonyl (C=O) groups is 1. The Balaban J connectivity index is 1.37. The minimum absolute atomic E-state index is 0.0265. The van der Waals surface area contributed by atoms with Crippen LogP contribution in [0.3, 0.4) is 0 Å². The zero-order chi connectivity index (χ0) is 23.2. The number of ether oxygens (including phenoxy) is 1. The van der Waals surface area contributed by atoms with Gasteiger partial charge in [-0.2, -0.15) is 4.68 Å². The van der Waals surface area contributed by atoms with E-state index in [1.165, 1.54) is 22.9 Å². The number of piperidine rings is 1. The van der Waals surface area contributed by atoms with Crippen LogP contribution in [0, 0.1) is 11.7 Å². The lowest BCUT2D eigenvalue weighted by atomic mass is 9.96. The summed E-state index contributed by atoms with van der Waals surface area (Å²) in [5.74, 6) is 0.925. The normalized spacial score (nSPS) is 14.2. The molecule has 1 aromatic heterocycles. The van der Waals surface area contributed by atoms with Crippen molar-refractivity contribution in [3.63, 3.8) is 0 Å². The Morgan fingerprint density at radius 2 is 1.91 bits per heavy atom. The van der Waals surface area contributed by atoms with Gasteiger partial charge in [0.1, 0.15) is 17.4 Å². The SMILES string of the molecule is CCOc1ccccc1CNC(=O)C1CCN(c2ccc(=O)n(-c3cccc(F)c3)n2)CC1. The number of benzene rings is 2. The number of para-hydroxylation sites is 1. The highest BCUT2D eigenvalue weighted by atomic mass is 19.1. The third kappa shape index (κ3) is 5.39. The van der Waals surface area contributed by atoms with Crippen LogP contribution in [0.1, 0.15) is 25.3 Å². The van der Waals surface area contributed by atoms with Crippen LogP contribution in [0.15, 0.2) is 65.5 Å². The van der Waals surface area contributed by atoms with Gasteiger partial charge in [0.15, 0.2) is 0 Å². The molecule has 0 spiro atoms. The van der Waals surface area contributed by atoms with Crippen molar-refractivity contribution in [2.75, 3.05) is 24.6 Å². The molecule has 7 nitrogen and oxygen atoms in total. The quantitative estimate of drug-likeness (QED) is 0.598. The Hall–Kier alpha value is -3.68. The van der Waals surface area contributed by atoms with Gasteiger partial charge in [0, 0.05) is 37.2 Å². The van der Waals surface area contributed by atoms with Gasteiger partial charge < -0.3 is 15.0 Å². The molecule has 1 fully saturated rings. The predicted molar refractivity (Wildman–Crippen MR) is 124 cm³/mol. The molecule has 1 aliphatic heterocycles. The van der Waals surface area contributed by atoms with Gasteiger partial charge in [-0.1, -0.05) is 24.3 Å². The number of nitrogens with one attached hydrogen (secondary N) is 1. The number of nitrogens with zero attached hydrogens (tertiary/aromatic N) is 3. The number of halogens is 1. The standard InChI is InChI=1S/C25H27FN4O3/c1-2-33-22-9-4-3-6-19(22)17-27-25(32)18-12-14-29(15-13-18)23-10-11-24(31)30(28-23)21-8-5-7-20(26)16-21/h3-11,16,18H,2,12-15,17H2,1H3,(H,27,32). The van der Waals surface area contributed by atoms with Crippen molar-refractivity contribution in [3.05, 3.63) is 82.4 Å². The summed E-state index contributed by atoms with van der Waals surface area (Å²) in [5, 5.41) is 7.46. The van der Waals surface area contributed by atoms with Gasteiger partial charge in [-0.05, 0) is 50.1 Å². The van der Waals surface area contributed by atoms with E-state index in [0.717, 1.165) is 11.3 Å². The Morgan fingerprint density at radius 1 is 1.12 bits per heavy atom. The van der Waals surface area contributed by atoms with E-state index in [-0.39, 0.29) is 17.4 Å². The van der Waals surface area contributed by atoms with Crippen molar-refractivity contribution in [2.45, 2.75) is 26.3 Å². The number of carbonyl (C=O) groups excluding carboxylic acids is 1. The van der Waals surface area contributed by atoms with Crippen molar-refractivity contribution >= 4 is 11.7 Å². The first-order valence-corrected chi connectivity index (χ1v) is 11.1. The zero-order valence-corrected chi connectivity index (χ0v) is 18.5. The molecule has 1 N–H and O–H groups in total. The highest BCUT2D eigenvalue weighted by molar-refractivity contribution is 5.79. The molecule has 33 heavy (non-hydrogen) atoms. The van der Waals surface area contributed by atoms with E-state index in [2.05, 4.69) is 10.4 Å². The summed E-state index contributed by atoms with van der Waals surface area (Å²) in [7, 11) is 0. The molecule has 0 unspecified atom stereocenters. The lowest BCUT2D eigenvalue weighted by Gasteiger charge is -2.32. The molecule has 1 saturated heterocycles. The number of amides is 1. The van der Waals surface area contributed by atoms with E-state index < -0.39 is 5.82 Å². The summed E-state index contributed by atoms with van der Waals surface area (Å²) in [6.45, 7) is 4.21. The van der Waals surface area contributed by atoms with Gasteiger partial charge in [-0.3, -0.25) is 9.59 Å². The van der Waals surface area contributed by atoms with Gasteiger partial charge in [0.25, 0.3) is 5.56 Å². The molecule has 0 atom stereocenters. The zero-order valence-electron chi connectivity index (χ0n) is 18.5. The molecular formula is C25H27FN4O3. The molecule has 1 amide bonds. The monoisotopic (exact) mass is 450 g/mol. The van der Waals surface area contributed by atoms with Gasteiger partial charge in [0.05, 0.1) is 12.3 Å². The van der Waals surface area contributed by atoms with Crippen molar-refractivity contribution in [1.29, 1.82) is 0 Å². The number of anilines is 1. The van der Waals surface area contributed by atoms with Crippen molar-refractivity contribution < 1.29 is 13.9 Å². The molecule has 3 aromatic rings. The summed E-state index contributed by atoms with van der Waals surface area (Å²) in [6, 6.07) is 16.6. The second kappa shape index (κ2) is 10.3. The van der Waals surface area contributed by atoms with E-state index in [1.54, 1.807) is 18.2 Å². The highest BCUT2D eigenvalue weighted by Gasteiger charge is 2.26. The first kappa shape index (κ1) is 22.5. The Bertz CT molecular complexity index is 1170. The summed E-state index contributed by atoms with van der Waals surface area (Å²) in [4.78, 5) is 27.0. The molecular weight excluding hydrogens is 423 g/mol. The lowest BCUT2D eigenvalue weighted by molar-refractivity contribution is -0.125. The fraction of sp³-hybridized carbons (Fsp3) is 0.320. The summed E-state index contributed by atoms with van der Waals surface area (Å²) < 4.78 is 20.4. The molecule has 0 aliphatic carbocycles. The maximum absolute atomic E-state index is 13.6. The van der Waals surface area contributed by atoms with E-state index in [4.69, 9.17) is 4.74 Å². The maximum atomic E-state index is 13.6. The van der Waals surface area contributed by atoms with Crippen LogP contribution < -0.4 is 20.5 Å².